The van der Waals surface area contributed by atoms with Crippen LogP contribution in [0.2, 0.25) is 0 Å². The first-order valence-corrected chi connectivity index (χ1v) is 13.7. The van der Waals surface area contributed by atoms with Crippen LogP contribution in [0, 0.1) is 0 Å². The SMILES string of the molecule is CN(C)c1ccc(-c2ccc(C=Cc3ccc(C=Cc4ccc(-c5ccc(N(C)C)cc5)cc4)cc3)cc2)cc1. The Labute approximate surface area is 239 Å². The first kappa shape index (κ1) is 26.8. The second kappa shape index (κ2) is 12.4. The summed E-state index contributed by atoms with van der Waals surface area (Å²) in [5.41, 5.74) is 12.1. The van der Waals surface area contributed by atoms with Crippen molar-refractivity contribution in [3.05, 3.63) is 144 Å². The highest BCUT2D eigenvalue weighted by Crippen LogP contribution is 2.25. The molecule has 198 valence electrons. The minimum absolute atomic E-state index is 1.19. The second-order valence-corrected chi connectivity index (χ2v) is 10.5. The van der Waals surface area contributed by atoms with E-state index in [1.54, 1.807) is 0 Å². The van der Waals surface area contributed by atoms with Gasteiger partial charge in [-0.1, -0.05) is 121 Å². The zero-order valence-corrected chi connectivity index (χ0v) is 23.8. The summed E-state index contributed by atoms with van der Waals surface area (Å²) in [6, 6.07) is 43.4. The van der Waals surface area contributed by atoms with Gasteiger partial charge in [0.05, 0.1) is 0 Å². The average molecular weight is 521 g/mol. The van der Waals surface area contributed by atoms with Gasteiger partial charge in [-0.05, 0) is 68.8 Å². The highest BCUT2D eigenvalue weighted by molar-refractivity contribution is 5.75. The van der Waals surface area contributed by atoms with Crippen LogP contribution < -0.4 is 9.80 Å². The second-order valence-electron chi connectivity index (χ2n) is 10.5. The topological polar surface area (TPSA) is 6.48 Å². The molecular weight excluding hydrogens is 484 g/mol. The summed E-state index contributed by atoms with van der Waals surface area (Å²) < 4.78 is 0. The van der Waals surface area contributed by atoms with Crippen LogP contribution in [0.4, 0.5) is 11.4 Å². The van der Waals surface area contributed by atoms with Crippen LogP contribution in [0.3, 0.4) is 0 Å². The number of nitrogens with zero attached hydrogens (tertiary/aromatic N) is 2. The van der Waals surface area contributed by atoms with Gasteiger partial charge in [0.1, 0.15) is 0 Å². The van der Waals surface area contributed by atoms with Gasteiger partial charge in [0.25, 0.3) is 0 Å². The molecule has 0 unspecified atom stereocenters. The predicted octanol–water partition coefficient (Wildman–Crippen LogP) is 9.49. The van der Waals surface area contributed by atoms with Gasteiger partial charge in [-0.2, -0.15) is 0 Å². The lowest BCUT2D eigenvalue weighted by molar-refractivity contribution is 1.13. The first-order valence-electron chi connectivity index (χ1n) is 13.7. The maximum Gasteiger partial charge on any atom is 0.0361 e. The van der Waals surface area contributed by atoms with Gasteiger partial charge in [0.15, 0.2) is 0 Å². The molecule has 0 heterocycles. The van der Waals surface area contributed by atoms with Crippen LogP contribution in [-0.4, -0.2) is 28.2 Å². The molecule has 0 spiro atoms. The molecule has 0 amide bonds. The van der Waals surface area contributed by atoms with Crippen LogP contribution in [-0.2, 0) is 0 Å². The van der Waals surface area contributed by atoms with Crippen molar-refractivity contribution in [2.45, 2.75) is 0 Å². The first-order chi connectivity index (χ1) is 19.4. The number of anilines is 2. The highest BCUT2D eigenvalue weighted by atomic mass is 15.1. The summed E-state index contributed by atoms with van der Waals surface area (Å²) in [6.45, 7) is 0. The molecule has 0 radical (unpaired) electrons. The molecule has 40 heavy (non-hydrogen) atoms. The third kappa shape index (κ3) is 6.78. The number of benzene rings is 5. The van der Waals surface area contributed by atoms with Gasteiger partial charge in [-0.25, -0.2) is 0 Å². The Bertz CT molecular complexity index is 1450. The van der Waals surface area contributed by atoms with E-state index in [2.05, 4.69) is 184 Å². The van der Waals surface area contributed by atoms with E-state index in [-0.39, 0.29) is 0 Å². The van der Waals surface area contributed by atoms with E-state index in [0.29, 0.717) is 0 Å². The standard InChI is InChI=1S/C38H36N2/c1-39(2)37-25-21-35(22-26-37)33-17-13-31(14-18-33)11-9-29-5-7-30(8-6-29)10-12-32-15-19-34(20-16-32)36-23-27-38(28-24-36)40(3)4/h5-28H,1-4H3. The Balaban J connectivity index is 1.18. The molecule has 0 aliphatic heterocycles. The largest absolute Gasteiger partial charge is 0.378 e. The van der Waals surface area contributed by atoms with Crippen LogP contribution in [0.25, 0.3) is 46.6 Å². The quantitative estimate of drug-likeness (QED) is 0.188. The van der Waals surface area contributed by atoms with Crippen molar-refractivity contribution in [3.63, 3.8) is 0 Å². The molecule has 5 aromatic carbocycles. The van der Waals surface area contributed by atoms with Crippen molar-refractivity contribution in [3.8, 4) is 22.3 Å². The third-order valence-corrected chi connectivity index (χ3v) is 7.13. The van der Waals surface area contributed by atoms with Gasteiger partial charge in [0.2, 0.25) is 0 Å². The lowest BCUT2D eigenvalue weighted by atomic mass is 10.0. The summed E-state index contributed by atoms with van der Waals surface area (Å²) in [6.07, 6.45) is 8.66. The molecule has 0 aliphatic carbocycles. The van der Waals surface area contributed by atoms with Crippen LogP contribution in [0.1, 0.15) is 22.3 Å². The molecule has 0 saturated heterocycles. The number of rotatable bonds is 8. The molecule has 0 atom stereocenters. The zero-order valence-electron chi connectivity index (χ0n) is 23.8. The molecule has 2 heteroatoms. The number of hydrogen-bond acceptors (Lipinski definition) is 2. The van der Waals surface area contributed by atoms with E-state index in [9.17, 15) is 0 Å². The Kier molecular flexibility index (Phi) is 8.27. The lowest BCUT2D eigenvalue weighted by Gasteiger charge is -2.12. The van der Waals surface area contributed by atoms with Crippen LogP contribution in [0.5, 0.6) is 0 Å². The van der Waals surface area contributed by atoms with Gasteiger partial charge in [-0.15, -0.1) is 0 Å². The van der Waals surface area contributed by atoms with E-state index in [0.717, 1.165) is 0 Å². The Morgan fingerprint density at radius 3 is 0.725 bits per heavy atom. The molecule has 0 saturated carbocycles. The summed E-state index contributed by atoms with van der Waals surface area (Å²) >= 11 is 0. The minimum atomic E-state index is 1.19. The molecule has 0 bridgehead atoms. The fraction of sp³-hybridized carbons (Fsp3) is 0.105. The van der Waals surface area contributed by atoms with Gasteiger partial charge < -0.3 is 9.80 Å². The Morgan fingerprint density at radius 2 is 0.500 bits per heavy atom. The smallest absolute Gasteiger partial charge is 0.0361 e. The number of hydrogen-bond donors (Lipinski definition) is 0. The summed E-state index contributed by atoms with van der Waals surface area (Å²) in [5, 5.41) is 0. The summed E-state index contributed by atoms with van der Waals surface area (Å²) in [5.74, 6) is 0. The molecule has 0 N–H and O–H groups in total. The monoisotopic (exact) mass is 520 g/mol. The van der Waals surface area contributed by atoms with Crippen LogP contribution >= 0.6 is 0 Å². The van der Waals surface area contributed by atoms with Crippen molar-refractivity contribution < 1.29 is 0 Å². The lowest BCUT2D eigenvalue weighted by Crippen LogP contribution is -2.07. The predicted molar refractivity (Wildman–Crippen MR) is 177 cm³/mol. The summed E-state index contributed by atoms with van der Waals surface area (Å²) in [7, 11) is 8.25. The van der Waals surface area contributed by atoms with Crippen molar-refractivity contribution in [1.29, 1.82) is 0 Å². The van der Waals surface area contributed by atoms with E-state index in [1.807, 2.05) is 0 Å². The fourth-order valence-electron chi connectivity index (χ4n) is 4.58. The normalized spacial score (nSPS) is 11.3. The average Bonchev–Trinajstić information content (AvgIpc) is 3.00. The molecule has 2 nitrogen and oxygen atoms in total. The van der Waals surface area contributed by atoms with E-state index >= 15 is 0 Å². The van der Waals surface area contributed by atoms with E-state index < -0.39 is 0 Å². The van der Waals surface area contributed by atoms with Crippen LogP contribution in [0.15, 0.2) is 121 Å². The molecule has 5 rings (SSSR count). The molecule has 0 aliphatic rings. The minimum Gasteiger partial charge on any atom is -0.378 e. The summed E-state index contributed by atoms with van der Waals surface area (Å²) in [4.78, 5) is 4.23. The van der Waals surface area contributed by atoms with Crippen molar-refractivity contribution in [2.24, 2.45) is 0 Å². The van der Waals surface area contributed by atoms with Gasteiger partial charge in [-0.3, -0.25) is 0 Å². The maximum atomic E-state index is 2.19. The van der Waals surface area contributed by atoms with Crippen molar-refractivity contribution in [1.82, 2.24) is 0 Å². The van der Waals surface area contributed by atoms with E-state index in [4.69, 9.17) is 0 Å². The van der Waals surface area contributed by atoms with Gasteiger partial charge >= 0.3 is 0 Å². The Morgan fingerprint density at radius 1 is 0.300 bits per heavy atom. The Hall–Kier alpha value is -4.82. The van der Waals surface area contributed by atoms with Gasteiger partial charge in [0, 0.05) is 39.6 Å². The van der Waals surface area contributed by atoms with Crippen molar-refractivity contribution in [2.75, 3.05) is 38.0 Å². The maximum absolute atomic E-state index is 2.19. The fourth-order valence-corrected chi connectivity index (χ4v) is 4.58. The zero-order chi connectivity index (χ0) is 27.9. The molecule has 0 aromatic heterocycles. The molecule has 5 aromatic rings. The molecular formula is C38H36N2. The highest BCUT2D eigenvalue weighted by Gasteiger charge is 2.01. The third-order valence-electron chi connectivity index (χ3n) is 7.13. The molecule has 0 fully saturated rings. The van der Waals surface area contributed by atoms with Crippen molar-refractivity contribution >= 4 is 35.7 Å². The van der Waals surface area contributed by atoms with E-state index in [1.165, 1.54) is 55.9 Å².